The number of amides is 1. The summed E-state index contributed by atoms with van der Waals surface area (Å²) < 4.78 is 15.2. The van der Waals surface area contributed by atoms with E-state index in [-0.39, 0.29) is 12.5 Å². The lowest BCUT2D eigenvalue weighted by Gasteiger charge is -2.33. The highest BCUT2D eigenvalue weighted by atomic mass is 16.6. The number of carbonyl (C=O) groups excluding carboxylic acids is 2. The first-order valence-corrected chi connectivity index (χ1v) is 9.95. The summed E-state index contributed by atoms with van der Waals surface area (Å²) in [4.78, 5) is 26.1. The number of likely N-dealkylation sites (tertiary alicyclic amines) is 1. The molecule has 0 radical (unpaired) electrons. The minimum atomic E-state index is -0.484. The van der Waals surface area contributed by atoms with E-state index in [0.717, 1.165) is 19.4 Å². The fraction of sp³-hybridized carbons (Fsp3) is 0.619. The van der Waals surface area contributed by atoms with Crippen molar-refractivity contribution in [3.63, 3.8) is 0 Å². The summed E-state index contributed by atoms with van der Waals surface area (Å²) in [7, 11) is 2.78. The molecule has 0 saturated carbocycles. The van der Waals surface area contributed by atoms with Crippen LogP contribution in [0.4, 0.5) is 0 Å². The number of rotatable bonds is 10. The zero-order chi connectivity index (χ0) is 20.4. The molecule has 1 aromatic rings. The van der Waals surface area contributed by atoms with Gasteiger partial charge in [-0.15, -0.1) is 0 Å². The van der Waals surface area contributed by atoms with E-state index in [1.165, 1.54) is 40.0 Å². The Balaban J connectivity index is 1.76. The fourth-order valence-electron chi connectivity index (χ4n) is 3.36. The van der Waals surface area contributed by atoms with Crippen molar-refractivity contribution in [1.82, 2.24) is 10.2 Å². The summed E-state index contributed by atoms with van der Waals surface area (Å²) >= 11 is 0. The predicted octanol–water partition coefficient (Wildman–Crippen LogP) is 2.63. The molecule has 1 saturated heterocycles. The molecular weight excluding hydrogens is 360 g/mol. The molecule has 1 aromatic carbocycles. The maximum atomic E-state index is 12.4. The topological polar surface area (TPSA) is 77.1 Å². The van der Waals surface area contributed by atoms with Crippen molar-refractivity contribution < 1.29 is 23.8 Å². The molecule has 2 rings (SSSR count). The van der Waals surface area contributed by atoms with Crippen molar-refractivity contribution in [1.29, 1.82) is 0 Å². The Bertz CT molecular complexity index is 650. The number of methoxy groups -OCH3 is 2. The SMILES string of the molecule is COC(=O)COc1ccc(C(=O)NCCCCN2CCCCC2C)cc1OC. The number of carbonyl (C=O) groups is 2. The van der Waals surface area contributed by atoms with Crippen LogP contribution in [-0.2, 0) is 9.53 Å². The molecule has 1 heterocycles. The lowest BCUT2D eigenvalue weighted by molar-refractivity contribution is -0.142. The van der Waals surface area contributed by atoms with Gasteiger partial charge in [-0.3, -0.25) is 4.79 Å². The molecule has 1 fully saturated rings. The normalized spacial score (nSPS) is 17.0. The first kappa shape index (κ1) is 22.0. The van der Waals surface area contributed by atoms with Gasteiger partial charge >= 0.3 is 5.97 Å². The van der Waals surface area contributed by atoms with Gasteiger partial charge in [0.1, 0.15) is 0 Å². The first-order valence-electron chi connectivity index (χ1n) is 9.95. The average molecular weight is 392 g/mol. The molecule has 0 aromatic heterocycles. The molecule has 0 bridgehead atoms. The van der Waals surface area contributed by atoms with Crippen molar-refractivity contribution in [2.24, 2.45) is 0 Å². The zero-order valence-corrected chi connectivity index (χ0v) is 17.2. The molecule has 0 spiro atoms. The summed E-state index contributed by atoms with van der Waals surface area (Å²) in [5, 5.41) is 2.95. The minimum absolute atomic E-state index is 0.149. The summed E-state index contributed by atoms with van der Waals surface area (Å²) in [6.45, 7) is 5.01. The Hall–Kier alpha value is -2.28. The largest absolute Gasteiger partial charge is 0.493 e. The number of piperidine rings is 1. The van der Waals surface area contributed by atoms with E-state index in [1.54, 1.807) is 18.2 Å². The van der Waals surface area contributed by atoms with Gasteiger partial charge in [0.25, 0.3) is 5.91 Å². The third kappa shape index (κ3) is 6.71. The van der Waals surface area contributed by atoms with E-state index in [1.807, 2.05) is 0 Å². The highest BCUT2D eigenvalue weighted by Gasteiger charge is 2.17. The highest BCUT2D eigenvalue weighted by Crippen LogP contribution is 2.28. The van der Waals surface area contributed by atoms with Crippen molar-refractivity contribution >= 4 is 11.9 Å². The first-order chi connectivity index (χ1) is 13.5. The third-order valence-electron chi connectivity index (χ3n) is 5.10. The van der Waals surface area contributed by atoms with Gasteiger partial charge < -0.3 is 24.4 Å². The molecule has 1 aliphatic rings. The molecule has 1 atom stereocenters. The molecule has 1 amide bonds. The van der Waals surface area contributed by atoms with Crippen LogP contribution in [0.1, 0.15) is 49.4 Å². The van der Waals surface area contributed by atoms with Crippen LogP contribution in [0.3, 0.4) is 0 Å². The number of hydrogen-bond acceptors (Lipinski definition) is 6. The summed E-state index contributed by atoms with van der Waals surface area (Å²) in [5.74, 6) is 0.155. The Morgan fingerprint density at radius 3 is 2.71 bits per heavy atom. The second kappa shape index (κ2) is 11.5. The van der Waals surface area contributed by atoms with Gasteiger partial charge in [-0.25, -0.2) is 4.79 Å². The number of nitrogens with zero attached hydrogens (tertiary/aromatic N) is 1. The number of benzene rings is 1. The van der Waals surface area contributed by atoms with E-state index >= 15 is 0 Å². The quantitative estimate of drug-likeness (QED) is 0.487. The lowest BCUT2D eigenvalue weighted by Crippen LogP contribution is -2.38. The van der Waals surface area contributed by atoms with Gasteiger partial charge in [-0.1, -0.05) is 6.42 Å². The smallest absolute Gasteiger partial charge is 0.343 e. The van der Waals surface area contributed by atoms with Gasteiger partial charge in [0.05, 0.1) is 14.2 Å². The molecule has 1 aliphatic heterocycles. The Morgan fingerprint density at radius 1 is 1.18 bits per heavy atom. The minimum Gasteiger partial charge on any atom is -0.493 e. The fourth-order valence-corrected chi connectivity index (χ4v) is 3.36. The third-order valence-corrected chi connectivity index (χ3v) is 5.10. The standard InChI is InChI=1S/C21H32N2O5/c1-16-8-4-6-12-23(16)13-7-5-11-22-21(25)17-9-10-18(19(14-17)26-2)28-15-20(24)27-3/h9-10,14,16H,4-8,11-13,15H2,1-3H3,(H,22,25). The van der Waals surface area contributed by atoms with Crippen LogP contribution in [0, 0.1) is 0 Å². The summed E-state index contributed by atoms with van der Waals surface area (Å²) in [5.41, 5.74) is 0.493. The Labute approximate surface area is 167 Å². The summed E-state index contributed by atoms with van der Waals surface area (Å²) in [6.07, 6.45) is 5.95. The van der Waals surface area contributed by atoms with Gasteiger partial charge in [-0.2, -0.15) is 0 Å². The number of esters is 1. The van der Waals surface area contributed by atoms with Crippen LogP contribution in [-0.4, -0.2) is 63.3 Å². The van der Waals surface area contributed by atoms with Gasteiger partial charge in [-0.05, 0) is 63.9 Å². The van der Waals surface area contributed by atoms with Gasteiger partial charge in [0, 0.05) is 18.2 Å². The lowest BCUT2D eigenvalue weighted by atomic mass is 10.0. The molecule has 156 valence electrons. The molecule has 1 unspecified atom stereocenters. The van der Waals surface area contributed by atoms with Crippen molar-refractivity contribution in [2.75, 3.05) is 40.5 Å². The molecule has 28 heavy (non-hydrogen) atoms. The van der Waals surface area contributed by atoms with Crippen LogP contribution in [0.25, 0.3) is 0 Å². The molecule has 1 N–H and O–H groups in total. The number of nitrogens with one attached hydrogen (secondary N) is 1. The van der Waals surface area contributed by atoms with E-state index in [2.05, 4.69) is 21.9 Å². The van der Waals surface area contributed by atoms with Gasteiger partial charge in [0.2, 0.25) is 0 Å². The summed E-state index contributed by atoms with van der Waals surface area (Å²) in [6, 6.07) is 5.56. The predicted molar refractivity (Wildman–Crippen MR) is 107 cm³/mol. The molecule has 7 heteroatoms. The maximum Gasteiger partial charge on any atom is 0.343 e. The maximum absolute atomic E-state index is 12.4. The van der Waals surface area contributed by atoms with Crippen molar-refractivity contribution in [3.05, 3.63) is 23.8 Å². The average Bonchev–Trinajstić information content (AvgIpc) is 2.72. The van der Waals surface area contributed by atoms with E-state index in [0.29, 0.717) is 29.6 Å². The second-order valence-corrected chi connectivity index (χ2v) is 7.07. The monoisotopic (exact) mass is 392 g/mol. The van der Waals surface area contributed by atoms with E-state index < -0.39 is 5.97 Å². The Morgan fingerprint density at radius 2 is 2.00 bits per heavy atom. The second-order valence-electron chi connectivity index (χ2n) is 7.07. The van der Waals surface area contributed by atoms with Crippen LogP contribution in [0.2, 0.25) is 0 Å². The number of ether oxygens (including phenoxy) is 3. The van der Waals surface area contributed by atoms with E-state index in [4.69, 9.17) is 9.47 Å². The molecular formula is C21H32N2O5. The number of hydrogen-bond donors (Lipinski definition) is 1. The van der Waals surface area contributed by atoms with Crippen molar-refractivity contribution in [3.8, 4) is 11.5 Å². The number of unbranched alkanes of at least 4 members (excludes halogenated alkanes) is 1. The Kier molecular flexibility index (Phi) is 9.07. The zero-order valence-electron chi connectivity index (χ0n) is 17.2. The molecule has 0 aliphatic carbocycles. The molecule has 7 nitrogen and oxygen atoms in total. The van der Waals surface area contributed by atoms with Gasteiger partial charge in [0.15, 0.2) is 18.1 Å². The highest BCUT2D eigenvalue weighted by molar-refractivity contribution is 5.94. The van der Waals surface area contributed by atoms with Crippen molar-refractivity contribution in [2.45, 2.75) is 45.1 Å². The van der Waals surface area contributed by atoms with E-state index in [9.17, 15) is 9.59 Å². The van der Waals surface area contributed by atoms with Crippen LogP contribution in [0.15, 0.2) is 18.2 Å². The van der Waals surface area contributed by atoms with Crippen LogP contribution >= 0.6 is 0 Å². The van der Waals surface area contributed by atoms with Crippen LogP contribution in [0.5, 0.6) is 11.5 Å². The van der Waals surface area contributed by atoms with Crippen LogP contribution < -0.4 is 14.8 Å².